The van der Waals surface area contributed by atoms with Gasteiger partial charge in [0.2, 0.25) is 0 Å². The molecule has 7 nitrogen and oxygen atoms in total. The number of methoxy groups -OCH3 is 1. The van der Waals surface area contributed by atoms with Crippen LogP contribution in [0, 0.1) is 0 Å². The van der Waals surface area contributed by atoms with Crippen LogP contribution >= 0.6 is 12.2 Å². The highest BCUT2D eigenvalue weighted by Crippen LogP contribution is 2.41. The number of nitrogens with one attached hydrogen (secondary N) is 1. The Hall–Kier alpha value is -4.04. The van der Waals surface area contributed by atoms with Crippen molar-refractivity contribution in [3.05, 3.63) is 108 Å². The van der Waals surface area contributed by atoms with E-state index < -0.39 is 5.97 Å². The lowest BCUT2D eigenvalue weighted by Crippen LogP contribution is -2.29. The fraction of sp³-hybridized carbons (Fsp3) is 0.154. The van der Waals surface area contributed by atoms with E-state index in [2.05, 4.69) is 20.2 Å². The van der Waals surface area contributed by atoms with Gasteiger partial charge in [-0.05, 0) is 60.7 Å². The summed E-state index contributed by atoms with van der Waals surface area (Å²) >= 11 is 5.72. The van der Waals surface area contributed by atoms with Crippen molar-refractivity contribution in [1.29, 1.82) is 0 Å². The lowest BCUT2D eigenvalue weighted by atomic mass is 10.0. The maximum absolute atomic E-state index is 12.0. The first kappa shape index (κ1) is 21.8. The Morgan fingerprint density at radius 3 is 2.62 bits per heavy atom. The van der Waals surface area contributed by atoms with Gasteiger partial charge in [0, 0.05) is 18.0 Å². The molecule has 4 aromatic rings. The van der Waals surface area contributed by atoms with Gasteiger partial charge in [-0.15, -0.1) is 0 Å². The number of hydrogen-bond acceptors (Lipinski definition) is 6. The summed E-state index contributed by atoms with van der Waals surface area (Å²) in [7, 11) is 1.37. The quantitative estimate of drug-likeness (QED) is 0.321. The van der Waals surface area contributed by atoms with Crippen molar-refractivity contribution in [2.24, 2.45) is 0 Å². The highest BCUT2D eigenvalue weighted by molar-refractivity contribution is 7.80. The lowest BCUT2D eigenvalue weighted by Gasteiger charge is -2.25. The van der Waals surface area contributed by atoms with Crippen molar-refractivity contribution in [3.63, 3.8) is 0 Å². The minimum absolute atomic E-state index is 0.196. The van der Waals surface area contributed by atoms with Gasteiger partial charge in [0.25, 0.3) is 0 Å². The summed E-state index contributed by atoms with van der Waals surface area (Å²) in [5, 5.41) is 4.02. The standard InChI is InChI=1S/C26H22N4O3S/c1-32-25(31)18-8-6-7-17(15-18)21-11-12-22(33-21)24-23(20-10-3-5-14-28-20)29-26(34)30(24)16-19-9-2-4-13-27-19/h2-15,23-24H,16H2,1H3,(H,29,34)/t23-,24+/m1/s1. The molecule has 1 aliphatic heterocycles. The highest BCUT2D eigenvalue weighted by Gasteiger charge is 2.41. The van der Waals surface area contributed by atoms with E-state index in [1.807, 2.05) is 54.6 Å². The first-order valence-corrected chi connectivity index (χ1v) is 11.2. The number of rotatable bonds is 6. The molecule has 0 spiro atoms. The molecule has 34 heavy (non-hydrogen) atoms. The monoisotopic (exact) mass is 470 g/mol. The molecule has 3 aromatic heterocycles. The van der Waals surface area contributed by atoms with Crippen molar-refractivity contribution in [3.8, 4) is 11.3 Å². The largest absolute Gasteiger partial charge is 0.465 e. The number of thiocarbonyl (C=S) groups is 1. The van der Waals surface area contributed by atoms with E-state index in [0.29, 0.717) is 23.0 Å². The Morgan fingerprint density at radius 2 is 1.88 bits per heavy atom. The van der Waals surface area contributed by atoms with Crippen molar-refractivity contribution in [2.45, 2.75) is 18.6 Å². The van der Waals surface area contributed by atoms with Crippen LogP contribution in [0.5, 0.6) is 0 Å². The minimum Gasteiger partial charge on any atom is -0.465 e. The molecule has 1 fully saturated rings. The number of benzene rings is 1. The Kier molecular flexibility index (Phi) is 6.05. The zero-order valence-corrected chi connectivity index (χ0v) is 19.2. The Labute approximate surface area is 202 Å². The average Bonchev–Trinajstić information content (AvgIpc) is 3.50. The smallest absolute Gasteiger partial charge is 0.337 e. The number of furan rings is 1. The minimum atomic E-state index is -0.393. The number of ether oxygens (including phenoxy) is 1. The first-order valence-electron chi connectivity index (χ1n) is 10.8. The molecular weight excluding hydrogens is 448 g/mol. The highest BCUT2D eigenvalue weighted by atomic mass is 32.1. The molecule has 0 radical (unpaired) electrons. The fourth-order valence-electron chi connectivity index (χ4n) is 4.14. The predicted octanol–water partition coefficient (Wildman–Crippen LogP) is 4.70. The topological polar surface area (TPSA) is 80.5 Å². The van der Waals surface area contributed by atoms with E-state index in [9.17, 15) is 4.79 Å². The van der Waals surface area contributed by atoms with E-state index in [4.69, 9.17) is 21.4 Å². The van der Waals surface area contributed by atoms with Crippen LogP contribution in [0.15, 0.2) is 89.6 Å². The van der Waals surface area contributed by atoms with E-state index in [0.717, 1.165) is 22.7 Å². The van der Waals surface area contributed by atoms with Crippen LogP contribution in [-0.2, 0) is 11.3 Å². The number of pyridine rings is 2. The molecule has 1 N–H and O–H groups in total. The summed E-state index contributed by atoms with van der Waals surface area (Å²) in [6.45, 7) is 0.522. The molecule has 1 aliphatic rings. The average molecular weight is 471 g/mol. The van der Waals surface area contributed by atoms with Crippen molar-refractivity contribution < 1.29 is 13.9 Å². The summed E-state index contributed by atoms with van der Waals surface area (Å²) in [5.41, 5.74) is 3.01. The molecule has 0 saturated carbocycles. The third-order valence-electron chi connectivity index (χ3n) is 5.74. The molecular formula is C26H22N4O3S. The van der Waals surface area contributed by atoms with Gasteiger partial charge in [-0.3, -0.25) is 9.97 Å². The van der Waals surface area contributed by atoms with Crippen LogP contribution in [0.4, 0.5) is 0 Å². The maximum Gasteiger partial charge on any atom is 0.337 e. The normalized spacial score (nSPS) is 17.4. The summed E-state index contributed by atoms with van der Waals surface area (Å²) in [5.74, 6) is 0.990. The van der Waals surface area contributed by atoms with E-state index >= 15 is 0 Å². The summed E-state index contributed by atoms with van der Waals surface area (Å²) in [6.07, 6.45) is 3.54. The van der Waals surface area contributed by atoms with Crippen molar-refractivity contribution in [1.82, 2.24) is 20.2 Å². The van der Waals surface area contributed by atoms with Gasteiger partial charge in [0.1, 0.15) is 17.6 Å². The van der Waals surface area contributed by atoms with Gasteiger partial charge < -0.3 is 19.4 Å². The van der Waals surface area contributed by atoms with Crippen LogP contribution < -0.4 is 5.32 Å². The third kappa shape index (κ3) is 4.27. The molecule has 170 valence electrons. The predicted molar refractivity (Wildman–Crippen MR) is 131 cm³/mol. The van der Waals surface area contributed by atoms with Crippen molar-refractivity contribution in [2.75, 3.05) is 7.11 Å². The van der Waals surface area contributed by atoms with Gasteiger partial charge in [0.15, 0.2) is 5.11 Å². The molecule has 4 heterocycles. The van der Waals surface area contributed by atoms with Crippen molar-refractivity contribution >= 4 is 23.3 Å². The Morgan fingerprint density at radius 1 is 1.06 bits per heavy atom. The molecule has 1 saturated heterocycles. The SMILES string of the molecule is COC(=O)c1cccc(-c2ccc([C@H]3[C@@H](c4ccccn4)NC(=S)N3Cc3ccccn3)o2)c1. The summed E-state index contributed by atoms with van der Waals surface area (Å²) < 4.78 is 11.2. The van der Waals surface area contributed by atoms with Gasteiger partial charge in [-0.25, -0.2) is 4.79 Å². The van der Waals surface area contributed by atoms with E-state index in [1.165, 1.54) is 7.11 Å². The van der Waals surface area contributed by atoms with Crippen LogP contribution in [0.2, 0.25) is 0 Å². The van der Waals surface area contributed by atoms with Gasteiger partial charge in [0.05, 0.1) is 36.6 Å². The molecule has 0 bridgehead atoms. The van der Waals surface area contributed by atoms with Crippen LogP contribution in [-0.4, -0.2) is 33.1 Å². The third-order valence-corrected chi connectivity index (χ3v) is 6.10. The second-order valence-corrected chi connectivity index (χ2v) is 8.24. The number of aromatic nitrogens is 2. The molecule has 5 rings (SSSR count). The molecule has 0 amide bonds. The maximum atomic E-state index is 12.0. The van der Waals surface area contributed by atoms with Gasteiger partial charge in [-0.2, -0.15) is 0 Å². The zero-order chi connectivity index (χ0) is 23.5. The summed E-state index contributed by atoms with van der Waals surface area (Å²) in [4.78, 5) is 23.1. The fourth-order valence-corrected chi connectivity index (χ4v) is 4.44. The van der Waals surface area contributed by atoms with Gasteiger partial charge in [-0.1, -0.05) is 24.3 Å². The van der Waals surface area contributed by atoms with E-state index in [-0.39, 0.29) is 12.1 Å². The molecule has 2 atom stereocenters. The zero-order valence-electron chi connectivity index (χ0n) is 18.4. The number of hydrogen-bond donors (Lipinski definition) is 1. The Bertz CT molecular complexity index is 1310. The molecule has 0 aliphatic carbocycles. The molecule has 8 heteroatoms. The van der Waals surface area contributed by atoms with E-state index in [1.54, 1.807) is 30.6 Å². The van der Waals surface area contributed by atoms with Crippen LogP contribution in [0.1, 0.15) is 39.6 Å². The second-order valence-electron chi connectivity index (χ2n) is 7.85. The van der Waals surface area contributed by atoms with Gasteiger partial charge >= 0.3 is 5.97 Å². The number of esters is 1. The number of carbonyl (C=O) groups excluding carboxylic acids is 1. The molecule has 1 aromatic carbocycles. The molecule has 0 unspecified atom stereocenters. The summed E-state index contributed by atoms with van der Waals surface area (Å²) in [6, 6.07) is 22.2. The number of nitrogens with zero attached hydrogens (tertiary/aromatic N) is 3. The lowest BCUT2D eigenvalue weighted by molar-refractivity contribution is 0.0601. The van der Waals surface area contributed by atoms with Crippen LogP contribution in [0.3, 0.4) is 0 Å². The second kappa shape index (κ2) is 9.44. The number of carbonyl (C=O) groups is 1. The first-order chi connectivity index (χ1) is 16.6. The van der Waals surface area contributed by atoms with Crippen LogP contribution in [0.25, 0.3) is 11.3 Å². The Balaban J connectivity index is 1.52.